The molecule has 122 valence electrons. The van der Waals surface area contributed by atoms with Crippen molar-refractivity contribution >= 4 is 29.0 Å². The zero-order valence-corrected chi connectivity index (χ0v) is 14.4. The van der Waals surface area contributed by atoms with E-state index in [-0.39, 0.29) is 5.91 Å². The van der Waals surface area contributed by atoms with Crippen molar-refractivity contribution in [2.75, 3.05) is 50.1 Å². The van der Waals surface area contributed by atoms with Crippen molar-refractivity contribution in [1.82, 2.24) is 19.9 Å². The summed E-state index contributed by atoms with van der Waals surface area (Å²) in [5.74, 6) is 1.62. The molecule has 0 aromatic carbocycles. The van der Waals surface area contributed by atoms with Gasteiger partial charge in [-0.05, 0) is 13.0 Å². The minimum Gasteiger partial charge on any atom is -0.353 e. The van der Waals surface area contributed by atoms with E-state index in [0.717, 1.165) is 23.9 Å². The quantitative estimate of drug-likeness (QED) is 0.843. The third-order valence-electron chi connectivity index (χ3n) is 3.76. The van der Waals surface area contributed by atoms with Crippen LogP contribution in [0.5, 0.6) is 0 Å². The molecule has 8 heteroatoms. The van der Waals surface area contributed by atoms with Crippen LogP contribution in [0.3, 0.4) is 0 Å². The Balaban J connectivity index is 1.64. The van der Waals surface area contributed by atoms with Gasteiger partial charge < -0.3 is 14.7 Å². The number of hydrogen-bond donors (Lipinski definition) is 0. The lowest BCUT2D eigenvalue weighted by molar-refractivity contribution is 0.0741. The second-order valence-corrected chi connectivity index (χ2v) is 6.70. The molecule has 3 heterocycles. The van der Waals surface area contributed by atoms with E-state index in [9.17, 15) is 4.79 Å². The predicted octanol–water partition coefficient (Wildman–Crippen LogP) is 1.27. The highest BCUT2D eigenvalue weighted by Crippen LogP contribution is 2.17. The number of rotatable bonds is 3. The Morgan fingerprint density at radius 2 is 1.96 bits per heavy atom. The number of aromatic nitrogens is 3. The first-order valence-electron chi connectivity index (χ1n) is 7.51. The van der Waals surface area contributed by atoms with Crippen LogP contribution in [-0.2, 0) is 0 Å². The fourth-order valence-electron chi connectivity index (χ4n) is 2.49. The van der Waals surface area contributed by atoms with E-state index in [2.05, 4.69) is 19.9 Å². The maximum atomic E-state index is 12.4. The van der Waals surface area contributed by atoms with Crippen LogP contribution >= 0.6 is 11.3 Å². The summed E-state index contributed by atoms with van der Waals surface area (Å²) in [6, 6.07) is 1.91. The maximum Gasteiger partial charge on any atom is 0.273 e. The molecule has 1 saturated heterocycles. The van der Waals surface area contributed by atoms with Gasteiger partial charge in [0.05, 0.1) is 5.01 Å². The lowest BCUT2D eigenvalue weighted by Gasteiger charge is -2.35. The molecular weight excluding hydrogens is 312 g/mol. The number of hydrogen-bond acceptors (Lipinski definition) is 7. The smallest absolute Gasteiger partial charge is 0.273 e. The number of piperazine rings is 1. The Kier molecular flexibility index (Phi) is 4.42. The van der Waals surface area contributed by atoms with E-state index in [4.69, 9.17) is 0 Å². The number of thiazole rings is 1. The molecule has 0 aliphatic carbocycles. The van der Waals surface area contributed by atoms with Gasteiger partial charge in [0.15, 0.2) is 0 Å². The molecule has 1 amide bonds. The maximum absolute atomic E-state index is 12.4. The molecule has 0 N–H and O–H groups in total. The predicted molar refractivity (Wildman–Crippen MR) is 91.3 cm³/mol. The van der Waals surface area contributed by atoms with Gasteiger partial charge in [-0.1, -0.05) is 0 Å². The van der Waals surface area contributed by atoms with Crippen LogP contribution in [0.25, 0.3) is 0 Å². The molecule has 0 spiro atoms. The molecule has 2 aromatic heterocycles. The van der Waals surface area contributed by atoms with Crippen molar-refractivity contribution in [3.05, 3.63) is 28.3 Å². The fraction of sp³-hybridized carbons (Fsp3) is 0.467. The molecule has 1 fully saturated rings. The molecule has 1 aliphatic rings. The molecule has 3 rings (SSSR count). The molecule has 7 nitrogen and oxygen atoms in total. The third-order valence-corrected chi connectivity index (χ3v) is 4.53. The van der Waals surface area contributed by atoms with Crippen LogP contribution in [0.1, 0.15) is 15.5 Å². The summed E-state index contributed by atoms with van der Waals surface area (Å²) in [5.41, 5.74) is 0.554. The fourth-order valence-corrected chi connectivity index (χ4v) is 3.08. The molecule has 23 heavy (non-hydrogen) atoms. The van der Waals surface area contributed by atoms with Gasteiger partial charge in [0.2, 0.25) is 5.95 Å². The van der Waals surface area contributed by atoms with Crippen LogP contribution in [-0.4, -0.2) is 66.0 Å². The second kappa shape index (κ2) is 6.49. The van der Waals surface area contributed by atoms with Crippen LogP contribution in [0.2, 0.25) is 0 Å². The van der Waals surface area contributed by atoms with Gasteiger partial charge in [0.25, 0.3) is 5.91 Å². The van der Waals surface area contributed by atoms with Gasteiger partial charge in [-0.2, -0.15) is 4.98 Å². The first-order chi connectivity index (χ1) is 11.0. The summed E-state index contributed by atoms with van der Waals surface area (Å²) in [6.07, 6.45) is 1.77. The highest BCUT2D eigenvalue weighted by molar-refractivity contribution is 7.09. The molecule has 0 atom stereocenters. The molecule has 0 bridgehead atoms. The zero-order chi connectivity index (χ0) is 16.4. The number of carbonyl (C=O) groups is 1. The summed E-state index contributed by atoms with van der Waals surface area (Å²) in [5, 5.41) is 2.75. The number of carbonyl (C=O) groups excluding carboxylic acids is 1. The number of aryl methyl sites for hydroxylation is 1. The van der Waals surface area contributed by atoms with Gasteiger partial charge >= 0.3 is 0 Å². The van der Waals surface area contributed by atoms with Gasteiger partial charge in [-0.3, -0.25) is 4.79 Å². The monoisotopic (exact) mass is 332 g/mol. The molecule has 0 unspecified atom stereocenters. The normalized spacial score (nSPS) is 14.9. The number of amides is 1. The van der Waals surface area contributed by atoms with Gasteiger partial charge in [-0.15, -0.1) is 11.3 Å². The Labute approximate surface area is 139 Å². The van der Waals surface area contributed by atoms with E-state index in [0.29, 0.717) is 24.7 Å². The largest absolute Gasteiger partial charge is 0.353 e. The van der Waals surface area contributed by atoms with E-state index in [1.165, 1.54) is 11.3 Å². The van der Waals surface area contributed by atoms with Crippen LogP contribution in [0.15, 0.2) is 17.6 Å². The number of nitrogens with zero attached hydrogens (tertiary/aromatic N) is 6. The first-order valence-corrected chi connectivity index (χ1v) is 8.39. The lowest BCUT2D eigenvalue weighted by atomic mass is 10.3. The first kappa shape index (κ1) is 15.7. The minimum atomic E-state index is 0.0191. The van der Waals surface area contributed by atoms with E-state index >= 15 is 0 Å². The van der Waals surface area contributed by atoms with Crippen molar-refractivity contribution in [3.63, 3.8) is 0 Å². The van der Waals surface area contributed by atoms with Crippen molar-refractivity contribution in [3.8, 4) is 0 Å². The van der Waals surface area contributed by atoms with Gasteiger partial charge in [0, 0.05) is 51.9 Å². The standard InChI is InChI=1S/C15H20N6OS/c1-11-17-12(10-23-11)14(22)21-8-6-20(7-9-21)13-4-5-16-15(18-13)19(2)3/h4-5,10H,6-9H2,1-3H3. The Morgan fingerprint density at radius 3 is 2.57 bits per heavy atom. The number of anilines is 2. The highest BCUT2D eigenvalue weighted by Gasteiger charge is 2.24. The topological polar surface area (TPSA) is 65.5 Å². The van der Waals surface area contributed by atoms with E-state index in [1.54, 1.807) is 6.20 Å². The minimum absolute atomic E-state index is 0.0191. The van der Waals surface area contributed by atoms with Crippen molar-refractivity contribution in [2.24, 2.45) is 0 Å². The zero-order valence-electron chi connectivity index (χ0n) is 13.6. The molecule has 1 aliphatic heterocycles. The lowest BCUT2D eigenvalue weighted by Crippen LogP contribution is -2.49. The Morgan fingerprint density at radius 1 is 1.22 bits per heavy atom. The van der Waals surface area contributed by atoms with Crippen molar-refractivity contribution < 1.29 is 4.79 Å². The van der Waals surface area contributed by atoms with Crippen LogP contribution in [0, 0.1) is 6.92 Å². The van der Waals surface area contributed by atoms with Gasteiger partial charge in [-0.25, -0.2) is 9.97 Å². The summed E-state index contributed by atoms with van der Waals surface area (Å²) in [7, 11) is 3.84. The summed E-state index contributed by atoms with van der Waals surface area (Å²) in [4.78, 5) is 31.4. The molecule has 0 saturated carbocycles. The SMILES string of the molecule is Cc1nc(C(=O)N2CCN(c3ccnc(N(C)C)n3)CC2)cs1. The Hall–Kier alpha value is -2.22. The molecule has 0 radical (unpaired) electrons. The van der Waals surface area contributed by atoms with E-state index in [1.807, 2.05) is 42.3 Å². The second-order valence-electron chi connectivity index (χ2n) is 5.64. The van der Waals surface area contributed by atoms with Crippen molar-refractivity contribution in [1.29, 1.82) is 0 Å². The van der Waals surface area contributed by atoms with E-state index < -0.39 is 0 Å². The van der Waals surface area contributed by atoms with Crippen LogP contribution in [0.4, 0.5) is 11.8 Å². The average Bonchev–Trinajstić information content (AvgIpc) is 3.01. The molecular formula is C15H20N6OS. The van der Waals surface area contributed by atoms with Crippen molar-refractivity contribution in [2.45, 2.75) is 6.92 Å². The summed E-state index contributed by atoms with van der Waals surface area (Å²) < 4.78 is 0. The van der Waals surface area contributed by atoms with Crippen LogP contribution < -0.4 is 9.80 Å². The highest BCUT2D eigenvalue weighted by atomic mass is 32.1. The molecule has 2 aromatic rings. The van der Waals surface area contributed by atoms with Gasteiger partial charge in [0.1, 0.15) is 11.5 Å². The summed E-state index contributed by atoms with van der Waals surface area (Å²) >= 11 is 1.51. The summed E-state index contributed by atoms with van der Waals surface area (Å²) in [6.45, 7) is 4.79. The average molecular weight is 332 g/mol. The Bertz CT molecular complexity index is 693. The third kappa shape index (κ3) is 3.42.